The fourth-order valence-electron chi connectivity index (χ4n) is 5.56. The van der Waals surface area contributed by atoms with E-state index in [1.165, 1.54) is 17.2 Å². The van der Waals surface area contributed by atoms with Crippen LogP contribution in [0.15, 0.2) is 41.6 Å². The standard InChI is InChI=1S/C28H31F3N2O4/c1-17(19-7-9-23-20(13-19)8-10-25(23)33-14-21(15-33)27(34)35)32-36-16-18-6-11-26(24(12-18)28(29,30)31)37-22-4-2-3-5-22/h6-7,9,11-13,21-22,25H,2-5,8,10,14-16H2,1H3,(H,34,35)/b32-17+/t25-/m0/s1. The van der Waals surface area contributed by atoms with E-state index in [-0.39, 0.29) is 30.4 Å². The van der Waals surface area contributed by atoms with Crippen molar-refractivity contribution in [3.8, 4) is 5.75 Å². The Balaban J connectivity index is 1.22. The molecule has 37 heavy (non-hydrogen) atoms. The van der Waals surface area contributed by atoms with Crippen LogP contribution in [0.3, 0.4) is 0 Å². The van der Waals surface area contributed by atoms with Gasteiger partial charge in [-0.15, -0.1) is 0 Å². The summed E-state index contributed by atoms with van der Waals surface area (Å²) in [5.41, 5.74) is 3.55. The molecule has 0 aromatic heterocycles. The van der Waals surface area contributed by atoms with Gasteiger partial charge in [0, 0.05) is 19.1 Å². The zero-order chi connectivity index (χ0) is 26.2. The second-order valence-electron chi connectivity index (χ2n) is 10.3. The summed E-state index contributed by atoms with van der Waals surface area (Å²) in [7, 11) is 0. The minimum absolute atomic E-state index is 0.0865. The van der Waals surface area contributed by atoms with Crippen molar-refractivity contribution in [1.82, 2.24) is 4.90 Å². The molecular formula is C28H31F3N2O4. The third-order valence-electron chi connectivity index (χ3n) is 7.68. The summed E-state index contributed by atoms with van der Waals surface area (Å²) in [6.45, 7) is 2.89. The van der Waals surface area contributed by atoms with Gasteiger partial charge in [0.25, 0.3) is 0 Å². The number of rotatable bonds is 8. The van der Waals surface area contributed by atoms with Gasteiger partial charge in [0.1, 0.15) is 12.4 Å². The van der Waals surface area contributed by atoms with Gasteiger partial charge < -0.3 is 14.7 Å². The minimum atomic E-state index is -4.52. The number of carbonyl (C=O) groups is 1. The van der Waals surface area contributed by atoms with Gasteiger partial charge in [0.05, 0.1) is 23.3 Å². The van der Waals surface area contributed by atoms with Crippen molar-refractivity contribution in [3.63, 3.8) is 0 Å². The molecule has 6 nitrogen and oxygen atoms in total. The monoisotopic (exact) mass is 516 g/mol. The Labute approximate surface area is 214 Å². The molecule has 1 N–H and O–H groups in total. The molecule has 0 bridgehead atoms. The lowest BCUT2D eigenvalue weighted by Gasteiger charge is -2.41. The fourth-order valence-corrected chi connectivity index (χ4v) is 5.56. The molecule has 1 saturated carbocycles. The molecular weight excluding hydrogens is 485 g/mol. The van der Waals surface area contributed by atoms with Crippen molar-refractivity contribution in [1.29, 1.82) is 0 Å². The maximum atomic E-state index is 13.7. The van der Waals surface area contributed by atoms with E-state index in [1.807, 2.05) is 6.07 Å². The Morgan fingerprint density at radius 2 is 1.86 bits per heavy atom. The van der Waals surface area contributed by atoms with E-state index in [9.17, 15) is 18.0 Å². The quantitative estimate of drug-likeness (QED) is 0.346. The molecule has 1 aliphatic heterocycles. The van der Waals surface area contributed by atoms with Crippen molar-refractivity contribution in [2.24, 2.45) is 11.1 Å². The highest BCUT2D eigenvalue weighted by atomic mass is 19.4. The topological polar surface area (TPSA) is 71.4 Å². The maximum absolute atomic E-state index is 13.7. The first-order valence-corrected chi connectivity index (χ1v) is 12.8. The molecule has 2 aromatic carbocycles. The Morgan fingerprint density at radius 1 is 1.11 bits per heavy atom. The normalized spacial score (nSPS) is 21.1. The first kappa shape index (κ1) is 25.6. The predicted molar refractivity (Wildman–Crippen MR) is 132 cm³/mol. The molecule has 2 fully saturated rings. The molecule has 2 aromatic rings. The number of likely N-dealkylation sites (tertiary alicyclic amines) is 1. The Kier molecular flexibility index (Phi) is 7.16. The largest absolute Gasteiger partial charge is 0.490 e. The van der Waals surface area contributed by atoms with Crippen molar-refractivity contribution < 1.29 is 32.6 Å². The number of fused-ring (bicyclic) bond motifs is 1. The molecule has 0 spiro atoms. The molecule has 2 aliphatic carbocycles. The van der Waals surface area contributed by atoms with E-state index in [4.69, 9.17) is 14.7 Å². The Morgan fingerprint density at radius 3 is 2.57 bits per heavy atom. The smallest absolute Gasteiger partial charge is 0.419 e. The van der Waals surface area contributed by atoms with Gasteiger partial charge >= 0.3 is 12.1 Å². The number of aliphatic carboxylic acids is 1. The molecule has 0 amide bonds. The number of halogens is 3. The fraction of sp³-hybridized carbons (Fsp3) is 0.500. The first-order valence-electron chi connectivity index (χ1n) is 12.8. The highest BCUT2D eigenvalue weighted by Gasteiger charge is 2.39. The highest BCUT2D eigenvalue weighted by molar-refractivity contribution is 5.98. The Bertz CT molecular complexity index is 1180. The van der Waals surface area contributed by atoms with Gasteiger partial charge in [-0.1, -0.05) is 23.4 Å². The van der Waals surface area contributed by atoms with E-state index in [2.05, 4.69) is 22.2 Å². The molecule has 9 heteroatoms. The number of oxime groups is 1. The van der Waals surface area contributed by atoms with E-state index in [0.29, 0.717) is 24.4 Å². The van der Waals surface area contributed by atoms with E-state index < -0.39 is 17.7 Å². The van der Waals surface area contributed by atoms with Gasteiger partial charge in [0.15, 0.2) is 0 Å². The average Bonchev–Trinajstić information content (AvgIpc) is 3.48. The molecule has 3 aliphatic rings. The lowest BCUT2D eigenvalue weighted by Crippen LogP contribution is -2.51. The van der Waals surface area contributed by atoms with Gasteiger partial charge in [-0.05, 0) is 85.9 Å². The molecule has 5 rings (SSSR count). The number of carboxylic acids is 1. The van der Waals surface area contributed by atoms with E-state index in [1.54, 1.807) is 13.0 Å². The van der Waals surface area contributed by atoms with Gasteiger partial charge in [-0.2, -0.15) is 13.2 Å². The van der Waals surface area contributed by atoms with Crippen LogP contribution >= 0.6 is 0 Å². The summed E-state index contributed by atoms with van der Waals surface area (Å²) >= 11 is 0. The van der Waals surface area contributed by atoms with Gasteiger partial charge in [0.2, 0.25) is 0 Å². The third kappa shape index (κ3) is 5.61. The number of hydrogen-bond acceptors (Lipinski definition) is 5. The summed E-state index contributed by atoms with van der Waals surface area (Å²) < 4.78 is 46.6. The van der Waals surface area contributed by atoms with Crippen molar-refractivity contribution >= 4 is 11.7 Å². The first-order chi connectivity index (χ1) is 17.7. The molecule has 0 unspecified atom stereocenters. The number of aryl methyl sites for hydroxylation is 1. The number of carboxylic acid groups (broad SMARTS) is 1. The van der Waals surface area contributed by atoms with Crippen molar-refractivity contribution in [2.75, 3.05) is 13.1 Å². The summed E-state index contributed by atoms with van der Waals surface area (Å²) in [5, 5.41) is 13.3. The molecule has 1 saturated heterocycles. The minimum Gasteiger partial charge on any atom is -0.490 e. The lowest BCUT2D eigenvalue weighted by molar-refractivity contribution is -0.148. The number of ether oxygens (including phenoxy) is 1. The van der Waals surface area contributed by atoms with Crippen LogP contribution in [0.4, 0.5) is 13.2 Å². The summed E-state index contributed by atoms with van der Waals surface area (Å²) in [6.07, 6.45) is 0.705. The predicted octanol–water partition coefficient (Wildman–Crippen LogP) is 5.97. The van der Waals surface area contributed by atoms with Crippen LogP contribution < -0.4 is 4.74 Å². The van der Waals surface area contributed by atoms with Crippen LogP contribution in [-0.4, -0.2) is 40.9 Å². The zero-order valence-electron chi connectivity index (χ0n) is 20.8. The van der Waals surface area contributed by atoms with Crippen LogP contribution in [0.25, 0.3) is 0 Å². The van der Waals surface area contributed by atoms with Gasteiger partial charge in [-0.25, -0.2) is 0 Å². The summed E-state index contributed by atoms with van der Waals surface area (Å²) in [4.78, 5) is 18.8. The molecule has 1 heterocycles. The SMILES string of the molecule is C/C(=N\OCc1ccc(OC2CCCC2)c(C(F)(F)F)c1)c1ccc2c(c1)CC[C@@H]2N1CC(C(=O)O)C1. The number of hydrogen-bond donors (Lipinski definition) is 1. The number of alkyl halides is 3. The van der Waals surface area contributed by atoms with Crippen LogP contribution in [-0.2, 0) is 28.8 Å². The second kappa shape index (κ2) is 10.4. The maximum Gasteiger partial charge on any atom is 0.419 e. The Hall–Kier alpha value is -3.07. The number of benzene rings is 2. The number of nitrogens with zero attached hydrogens (tertiary/aromatic N) is 2. The van der Waals surface area contributed by atoms with Crippen LogP contribution in [0.1, 0.15) is 72.9 Å². The molecule has 0 radical (unpaired) electrons. The van der Waals surface area contributed by atoms with Crippen LogP contribution in [0, 0.1) is 5.92 Å². The zero-order valence-corrected chi connectivity index (χ0v) is 20.8. The summed E-state index contributed by atoms with van der Waals surface area (Å²) in [5.74, 6) is -1.14. The van der Waals surface area contributed by atoms with E-state index >= 15 is 0 Å². The highest BCUT2D eigenvalue weighted by Crippen LogP contribution is 2.40. The average molecular weight is 517 g/mol. The summed E-state index contributed by atoms with van der Waals surface area (Å²) in [6, 6.07) is 10.4. The van der Waals surface area contributed by atoms with Crippen LogP contribution in [0.2, 0.25) is 0 Å². The van der Waals surface area contributed by atoms with E-state index in [0.717, 1.165) is 50.2 Å². The van der Waals surface area contributed by atoms with Crippen LogP contribution in [0.5, 0.6) is 5.75 Å². The molecule has 198 valence electrons. The van der Waals surface area contributed by atoms with Gasteiger partial charge in [-0.3, -0.25) is 9.69 Å². The lowest BCUT2D eigenvalue weighted by atomic mass is 9.95. The van der Waals surface area contributed by atoms with Crippen molar-refractivity contribution in [3.05, 3.63) is 64.2 Å². The molecule has 1 atom stereocenters. The van der Waals surface area contributed by atoms with Crippen molar-refractivity contribution in [2.45, 2.75) is 70.4 Å². The third-order valence-corrected chi connectivity index (χ3v) is 7.68. The second-order valence-corrected chi connectivity index (χ2v) is 10.3.